The van der Waals surface area contributed by atoms with E-state index in [2.05, 4.69) is 50.5 Å². The number of rotatable bonds is 4. The normalized spacial score (nSPS) is 10.5. The summed E-state index contributed by atoms with van der Waals surface area (Å²) in [6, 6.07) is 4.16. The number of hydrogen-bond acceptors (Lipinski definition) is 5. The Bertz CT molecular complexity index is 438. The number of thiophene rings is 1. The lowest BCUT2D eigenvalue weighted by atomic mass is 10.5. The molecule has 2 aromatic rings. The molecule has 1 N–H and O–H groups in total. The number of nitrogens with zero attached hydrogens (tertiary/aromatic N) is 2. The smallest absolute Gasteiger partial charge is 0.205 e. The van der Waals surface area contributed by atoms with Crippen molar-refractivity contribution in [2.45, 2.75) is 19.9 Å². The third-order valence-electron chi connectivity index (χ3n) is 1.81. The number of anilines is 1. The number of aryl methyl sites for hydroxylation is 1. The SMILES string of the molecule is CCc1nnc(NCc2ccc(Br)s2)s1. The highest BCUT2D eigenvalue weighted by Crippen LogP contribution is 2.23. The van der Waals surface area contributed by atoms with E-state index in [4.69, 9.17) is 0 Å². The van der Waals surface area contributed by atoms with Gasteiger partial charge in [-0.25, -0.2) is 0 Å². The van der Waals surface area contributed by atoms with Gasteiger partial charge >= 0.3 is 0 Å². The van der Waals surface area contributed by atoms with Crippen molar-refractivity contribution < 1.29 is 0 Å². The Kier molecular flexibility index (Phi) is 3.71. The summed E-state index contributed by atoms with van der Waals surface area (Å²) in [6.45, 7) is 2.90. The van der Waals surface area contributed by atoms with Crippen molar-refractivity contribution in [2.75, 3.05) is 5.32 Å². The maximum Gasteiger partial charge on any atom is 0.205 e. The minimum absolute atomic E-state index is 0.814. The molecule has 0 fully saturated rings. The molecule has 0 aliphatic carbocycles. The van der Waals surface area contributed by atoms with Crippen LogP contribution in [0.25, 0.3) is 0 Å². The summed E-state index contributed by atoms with van der Waals surface area (Å²) in [5, 5.41) is 13.3. The maximum absolute atomic E-state index is 4.06. The lowest BCUT2D eigenvalue weighted by molar-refractivity contribution is 0.977. The van der Waals surface area contributed by atoms with Gasteiger partial charge in [0.25, 0.3) is 0 Å². The molecule has 0 aliphatic heterocycles. The van der Waals surface area contributed by atoms with Gasteiger partial charge in [-0.2, -0.15) is 0 Å². The summed E-state index contributed by atoms with van der Waals surface area (Å²) in [4.78, 5) is 1.29. The van der Waals surface area contributed by atoms with Gasteiger partial charge in [-0.3, -0.25) is 0 Å². The molecule has 0 amide bonds. The fraction of sp³-hybridized carbons (Fsp3) is 0.333. The van der Waals surface area contributed by atoms with Crippen LogP contribution in [-0.4, -0.2) is 10.2 Å². The minimum Gasteiger partial charge on any atom is -0.355 e. The molecule has 0 saturated heterocycles. The lowest BCUT2D eigenvalue weighted by Gasteiger charge is -1.97. The summed E-state index contributed by atoms with van der Waals surface area (Å²) < 4.78 is 1.16. The van der Waals surface area contributed by atoms with Gasteiger partial charge < -0.3 is 5.32 Å². The summed E-state index contributed by atoms with van der Waals surface area (Å²) in [5.41, 5.74) is 0. The summed E-state index contributed by atoms with van der Waals surface area (Å²) in [6.07, 6.45) is 0.948. The first kappa shape index (κ1) is 11.0. The molecule has 0 saturated carbocycles. The largest absolute Gasteiger partial charge is 0.355 e. The van der Waals surface area contributed by atoms with Crippen LogP contribution in [-0.2, 0) is 13.0 Å². The van der Waals surface area contributed by atoms with E-state index in [0.717, 1.165) is 26.9 Å². The molecule has 15 heavy (non-hydrogen) atoms. The minimum atomic E-state index is 0.814. The van der Waals surface area contributed by atoms with Crippen molar-refractivity contribution in [1.82, 2.24) is 10.2 Å². The second kappa shape index (κ2) is 5.05. The number of halogens is 1. The molecule has 0 unspecified atom stereocenters. The average molecular weight is 304 g/mol. The predicted molar refractivity (Wildman–Crippen MR) is 68.6 cm³/mol. The van der Waals surface area contributed by atoms with Crippen LogP contribution in [0.1, 0.15) is 16.8 Å². The van der Waals surface area contributed by atoms with Crippen LogP contribution in [0.5, 0.6) is 0 Å². The molecule has 2 heterocycles. The summed E-state index contributed by atoms with van der Waals surface area (Å²) in [7, 11) is 0. The fourth-order valence-corrected chi connectivity index (χ4v) is 3.18. The van der Waals surface area contributed by atoms with E-state index in [0.29, 0.717) is 0 Å². The number of hydrogen-bond donors (Lipinski definition) is 1. The second-order valence-corrected chi connectivity index (χ2v) is 6.52. The number of nitrogens with one attached hydrogen (secondary N) is 1. The van der Waals surface area contributed by atoms with Gasteiger partial charge in [-0.1, -0.05) is 18.3 Å². The zero-order valence-corrected chi connectivity index (χ0v) is 11.4. The molecule has 0 aliphatic rings. The highest BCUT2D eigenvalue weighted by atomic mass is 79.9. The molecule has 2 aromatic heterocycles. The van der Waals surface area contributed by atoms with E-state index < -0.39 is 0 Å². The molecule has 0 bridgehead atoms. The Morgan fingerprint density at radius 2 is 2.20 bits per heavy atom. The quantitative estimate of drug-likeness (QED) is 0.939. The molecule has 0 aromatic carbocycles. The Hall–Kier alpha value is -0.460. The first-order valence-corrected chi connectivity index (χ1v) is 7.01. The van der Waals surface area contributed by atoms with E-state index >= 15 is 0 Å². The second-order valence-electron chi connectivity index (χ2n) is 2.91. The van der Waals surface area contributed by atoms with E-state index in [1.54, 1.807) is 22.7 Å². The van der Waals surface area contributed by atoms with E-state index in [1.165, 1.54) is 4.88 Å². The van der Waals surface area contributed by atoms with Crippen molar-refractivity contribution in [3.05, 3.63) is 25.8 Å². The van der Waals surface area contributed by atoms with E-state index in [9.17, 15) is 0 Å². The molecule has 0 spiro atoms. The van der Waals surface area contributed by atoms with Crippen LogP contribution in [0.2, 0.25) is 0 Å². The van der Waals surface area contributed by atoms with Crippen LogP contribution in [0.3, 0.4) is 0 Å². The topological polar surface area (TPSA) is 37.8 Å². The Morgan fingerprint density at radius 1 is 1.33 bits per heavy atom. The summed E-state index contributed by atoms with van der Waals surface area (Å²) in [5.74, 6) is 0. The number of aromatic nitrogens is 2. The average Bonchev–Trinajstić information content (AvgIpc) is 2.83. The van der Waals surface area contributed by atoms with Gasteiger partial charge in [0.2, 0.25) is 5.13 Å². The van der Waals surface area contributed by atoms with Crippen molar-refractivity contribution in [3.63, 3.8) is 0 Å². The maximum atomic E-state index is 4.06. The molecular formula is C9H10BrN3S2. The van der Waals surface area contributed by atoms with Gasteiger partial charge in [0, 0.05) is 4.88 Å². The molecule has 0 atom stereocenters. The van der Waals surface area contributed by atoms with Gasteiger partial charge in [0.05, 0.1) is 10.3 Å². The first-order chi connectivity index (χ1) is 7.28. The Labute approximate surface area is 105 Å². The molecule has 3 nitrogen and oxygen atoms in total. The first-order valence-electron chi connectivity index (χ1n) is 4.58. The Balaban J connectivity index is 1.93. The van der Waals surface area contributed by atoms with Crippen molar-refractivity contribution in [3.8, 4) is 0 Å². The van der Waals surface area contributed by atoms with Crippen LogP contribution in [0.4, 0.5) is 5.13 Å². The van der Waals surface area contributed by atoms with E-state index in [1.807, 2.05) is 0 Å². The van der Waals surface area contributed by atoms with Crippen molar-refractivity contribution in [1.29, 1.82) is 0 Å². The highest BCUT2D eigenvalue weighted by molar-refractivity contribution is 9.11. The van der Waals surface area contributed by atoms with Gasteiger partial charge in [-0.15, -0.1) is 21.5 Å². The van der Waals surface area contributed by atoms with Crippen molar-refractivity contribution in [2.24, 2.45) is 0 Å². The van der Waals surface area contributed by atoms with Gasteiger partial charge in [-0.05, 0) is 34.5 Å². The van der Waals surface area contributed by atoms with Gasteiger partial charge in [0.1, 0.15) is 5.01 Å². The monoisotopic (exact) mass is 303 g/mol. The third-order valence-corrected chi connectivity index (χ3v) is 4.46. The van der Waals surface area contributed by atoms with Gasteiger partial charge in [0.15, 0.2) is 0 Å². The van der Waals surface area contributed by atoms with E-state index in [-0.39, 0.29) is 0 Å². The lowest BCUT2D eigenvalue weighted by Crippen LogP contribution is -1.96. The Morgan fingerprint density at radius 3 is 2.80 bits per heavy atom. The standard InChI is InChI=1S/C9H10BrN3S2/c1-2-8-12-13-9(15-8)11-5-6-3-4-7(10)14-6/h3-4H,2,5H2,1H3,(H,11,13). The fourth-order valence-electron chi connectivity index (χ4n) is 1.08. The third kappa shape index (κ3) is 2.99. The van der Waals surface area contributed by atoms with Crippen LogP contribution < -0.4 is 5.32 Å². The molecule has 6 heteroatoms. The van der Waals surface area contributed by atoms with Crippen molar-refractivity contribution >= 4 is 43.7 Å². The van der Waals surface area contributed by atoms with Crippen LogP contribution in [0.15, 0.2) is 15.9 Å². The van der Waals surface area contributed by atoms with Crippen LogP contribution in [0, 0.1) is 0 Å². The molecule has 80 valence electrons. The molecular weight excluding hydrogens is 294 g/mol. The zero-order valence-electron chi connectivity index (χ0n) is 8.16. The summed E-state index contributed by atoms with van der Waals surface area (Å²) >= 11 is 6.79. The molecule has 2 rings (SSSR count). The van der Waals surface area contributed by atoms with Crippen LogP contribution >= 0.6 is 38.6 Å². The predicted octanol–water partition coefficient (Wildman–Crippen LogP) is 3.54. The highest BCUT2D eigenvalue weighted by Gasteiger charge is 2.02. The zero-order chi connectivity index (χ0) is 10.7. The molecule has 0 radical (unpaired) electrons.